The Morgan fingerprint density at radius 3 is 2.62 bits per heavy atom. The molecule has 2 aromatic heterocycles. The Bertz CT molecular complexity index is 984. The van der Waals surface area contributed by atoms with Crippen LogP contribution in [0.1, 0.15) is 5.56 Å². The molecule has 0 bridgehead atoms. The number of hydrogen-bond acceptors (Lipinski definition) is 4. The van der Waals surface area contributed by atoms with Crippen LogP contribution in [-0.2, 0) is 6.18 Å². The Balaban J connectivity index is 1.83. The minimum Gasteiger partial charge on any atom is -0.335 e. The summed E-state index contributed by atoms with van der Waals surface area (Å²) in [4.78, 5) is 7.43. The van der Waals surface area contributed by atoms with Crippen molar-refractivity contribution in [2.24, 2.45) is 0 Å². The molecular formula is C15H9F3N6. The summed E-state index contributed by atoms with van der Waals surface area (Å²) in [5, 5.41) is 11.2. The fraction of sp³-hybridized carbons (Fsp3) is 0.0667. The van der Waals surface area contributed by atoms with Crippen molar-refractivity contribution in [3.63, 3.8) is 0 Å². The second-order valence-corrected chi connectivity index (χ2v) is 5.06. The van der Waals surface area contributed by atoms with E-state index in [9.17, 15) is 13.2 Å². The van der Waals surface area contributed by atoms with Crippen LogP contribution in [0.25, 0.3) is 28.4 Å². The molecule has 9 heteroatoms. The Labute approximate surface area is 133 Å². The SMILES string of the molecule is FC(F)(F)c1cccc(-n2nnnc2-c2nc3ccccc3[nH]2)c1. The van der Waals surface area contributed by atoms with Gasteiger partial charge in [0.15, 0.2) is 5.82 Å². The lowest BCUT2D eigenvalue weighted by molar-refractivity contribution is -0.137. The van der Waals surface area contributed by atoms with E-state index in [0.717, 1.165) is 17.6 Å². The number of hydrogen-bond donors (Lipinski definition) is 1. The maximum Gasteiger partial charge on any atom is 0.416 e. The molecule has 0 aliphatic heterocycles. The van der Waals surface area contributed by atoms with Crippen molar-refractivity contribution in [2.75, 3.05) is 0 Å². The number of halogens is 3. The third kappa shape index (κ3) is 2.39. The topological polar surface area (TPSA) is 72.3 Å². The zero-order valence-electron chi connectivity index (χ0n) is 12.0. The number of fused-ring (bicyclic) bond motifs is 1. The van der Waals surface area contributed by atoms with Crippen LogP contribution < -0.4 is 0 Å². The lowest BCUT2D eigenvalue weighted by atomic mass is 10.2. The van der Waals surface area contributed by atoms with E-state index in [2.05, 4.69) is 25.5 Å². The molecule has 0 fully saturated rings. The van der Waals surface area contributed by atoms with Gasteiger partial charge in [0.25, 0.3) is 0 Å². The lowest BCUT2D eigenvalue weighted by Gasteiger charge is -2.08. The molecule has 0 radical (unpaired) electrons. The van der Waals surface area contributed by atoms with E-state index < -0.39 is 11.7 Å². The number of para-hydroxylation sites is 2. The summed E-state index contributed by atoms with van der Waals surface area (Å²) in [6, 6.07) is 12.1. The van der Waals surface area contributed by atoms with Gasteiger partial charge in [0.2, 0.25) is 5.82 Å². The van der Waals surface area contributed by atoms with E-state index in [1.165, 1.54) is 16.8 Å². The van der Waals surface area contributed by atoms with Crippen LogP contribution in [0.2, 0.25) is 0 Å². The van der Waals surface area contributed by atoms with Gasteiger partial charge < -0.3 is 4.98 Å². The minimum absolute atomic E-state index is 0.199. The maximum atomic E-state index is 12.9. The molecule has 0 aliphatic carbocycles. The third-order valence-corrected chi connectivity index (χ3v) is 3.49. The summed E-state index contributed by atoms with van der Waals surface area (Å²) in [5.74, 6) is 0.601. The fourth-order valence-electron chi connectivity index (χ4n) is 2.38. The Hall–Kier alpha value is -3.23. The Kier molecular flexibility index (Phi) is 3.08. The van der Waals surface area contributed by atoms with E-state index in [-0.39, 0.29) is 11.5 Å². The molecular weight excluding hydrogens is 321 g/mol. The van der Waals surface area contributed by atoms with Crippen LogP contribution in [0.3, 0.4) is 0 Å². The van der Waals surface area contributed by atoms with E-state index in [1.807, 2.05) is 24.3 Å². The van der Waals surface area contributed by atoms with Crippen LogP contribution in [-0.4, -0.2) is 30.2 Å². The molecule has 0 aliphatic rings. The van der Waals surface area contributed by atoms with Crippen molar-refractivity contribution in [3.8, 4) is 17.3 Å². The number of rotatable bonds is 2. The number of alkyl halides is 3. The van der Waals surface area contributed by atoms with Crippen molar-refractivity contribution >= 4 is 11.0 Å². The average molecular weight is 330 g/mol. The molecule has 0 saturated heterocycles. The summed E-state index contributed by atoms with van der Waals surface area (Å²) >= 11 is 0. The fourth-order valence-corrected chi connectivity index (χ4v) is 2.38. The number of aromatic nitrogens is 6. The standard InChI is InChI=1S/C15H9F3N6/c16-15(17,18)9-4-3-5-10(8-9)24-14(21-22-23-24)13-19-11-6-1-2-7-12(11)20-13/h1-8H,(H,19,20). The first-order valence-corrected chi connectivity index (χ1v) is 6.93. The highest BCUT2D eigenvalue weighted by Crippen LogP contribution is 2.30. The normalized spacial score (nSPS) is 12.0. The van der Waals surface area contributed by atoms with Gasteiger partial charge in [0.1, 0.15) is 0 Å². The number of H-pyrrole nitrogens is 1. The summed E-state index contributed by atoms with van der Waals surface area (Å²) in [6.45, 7) is 0. The van der Waals surface area contributed by atoms with Crippen molar-refractivity contribution in [3.05, 3.63) is 54.1 Å². The van der Waals surface area contributed by atoms with Gasteiger partial charge in [-0.1, -0.05) is 18.2 Å². The monoisotopic (exact) mass is 330 g/mol. The van der Waals surface area contributed by atoms with Crippen molar-refractivity contribution in [1.29, 1.82) is 0 Å². The van der Waals surface area contributed by atoms with E-state index in [4.69, 9.17) is 0 Å². The van der Waals surface area contributed by atoms with Crippen LogP contribution in [0, 0.1) is 0 Å². The van der Waals surface area contributed by atoms with Gasteiger partial charge in [-0.3, -0.25) is 0 Å². The first kappa shape index (κ1) is 14.4. The molecule has 2 aromatic carbocycles. The van der Waals surface area contributed by atoms with Gasteiger partial charge in [-0.15, -0.1) is 5.10 Å². The Morgan fingerprint density at radius 1 is 1.00 bits per heavy atom. The van der Waals surface area contributed by atoms with Gasteiger partial charge >= 0.3 is 6.18 Å². The van der Waals surface area contributed by atoms with E-state index >= 15 is 0 Å². The molecule has 24 heavy (non-hydrogen) atoms. The molecule has 0 atom stereocenters. The number of tetrazole rings is 1. The van der Waals surface area contributed by atoms with Crippen molar-refractivity contribution in [2.45, 2.75) is 6.18 Å². The van der Waals surface area contributed by atoms with Gasteiger partial charge in [-0.2, -0.15) is 17.9 Å². The van der Waals surface area contributed by atoms with E-state index in [0.29, 0.717) is 11.3 Å². The van der Waals surface area contributed by atoms with Crippen LogP contribution in [0.5, 0.6) is 0 Å². The lowest BCUT2D eigenvalue weighted by Crippen LogP contribution is -2.07. The van der Waals surface area contributed by atoms with Gasteiger partial charge in [-0.25, -0.2) is 4.98 Å². The van der Waals surface area contributed by atoms with E-state index in [1.54, 1.807) is 0 Å². The van der Waals surface area contributed by atoms with Crippen molar-refractivity contribution in [1.82, 2.24) is 30.2 Å². The van der Waals surface area contributed by atoms with Crippen LogP contribution in [0.4, 0.5) is 13.2 Å². The molecule has 1 N–H and O–H groups in total. The number of benzene rings is 2. The highest BCUT2D eigenvalue weighted by Gasteiger charge is 2.31. The zero-order chi connectivity index (χ0) is 16.7. The van der Waals surface area contributed by atoms with Gasteiger partial charge in [0.05, 0.1) is 22.3 Å². The molecule has 2 heterocycles. The predicted octanol–water partition coefficient (Wildman–Crippen LogP) is 3.22. The number of aromatic amines is 1. The zero-order valence-corrected chi connectivity index (χ0v) is 12.0. The molecule has 0 saturated carbocycles. The van der Waals surface area contributed by atoms with Crippen LogP contribution >= 0.6 is 0 Å². The minimum atomic E-state index is -4.44. The first-order valence-electron chi connectivity index (χ1n) is 6.93. The molecule has 0 unspecified atom stereocenters. The van der Waals surface area contributed by atoms with Crippen molar-refractivity contribution < 1.29 is 13.2 Å². The summed E-state index contributed by atoms with van der Waals surface area (Å²) < 4.78 is 39.9. The quantitative estimate of drug-likeness (QED) is 0.612. The third-order valence-electron chi connectivity index (χ3n) is 3.49. The summed E-state index contributed by atoms with van der Waals surface area (Å²) in [5.41, 5.74) is 0.925. The molecule has 120 valence electrons. The largest absolute Gasteiger partial charge is 0.416 e. The first-order chi connectivity index (χ1) is 11.5. The highest BCUT2D eigenvalue weighted by molar-refractivity contribution is 5.78. The smallest absolute Gasteiger partial charge is 0.335 e. The second-order valence-electron chi connectivity index (χ2n) is 5.06. The average Bonchev–Trinajstić information content (AvgIpc) is 3.20. The van der Waals surface area contributed by atoms with Crippen LogP contribution in [0.15, 0.2) is 48.5 Å². The van der Waals surface area contributed by atoms with Gasteiger partial charge in [0, 0.05) is 0 Å². The second kappa shape index (κ2) is 5.15. The summed E-state index contributed by atoms with van der Waals surface area (Å²) in [7, 11) is 0. The van der Waals surface area contributed by atoms with Gasteiger partial charge in [-0.05, 0) is 40.8 Å². The number of imidazole rings is 1. The molecule has 0 amide bonds. The summed E-state index contributed by atoms with van der Waals surface area (Å²) in [6.07, 6.45) is -4.44. The number of nitrogens with one attached hydrogen (secondary N) is 1. The predicted molar refractivity (Wildman–Crippen MR) is 79.2 cm³/mol. The maximum absolute atomic E-state index is 12.9. The molecule has 4 aromatic rings. The highest BCUT2D eigenvalue weighted by atomic mass is 19.4. The molecule has 6 nitrogen and oxygen atoms in total. The Morgan fingerprint density at radius 2 is 1.83 bits per heavy atom. The number of nitrogens with zero attached hydrogens (tertiary/aromatic N) is 5. The molecule has 4 rings (SSSR count). The molecule has 0 spiro atoms.